The third kappa shape index (κ3) is 4610. The van der Waals surface area contributed by atoms with Crippen LogP contribution in [0.5, 0.6) is 0 Å². The molecule has 1 saturated carbocycles. The van der Waals surface area contributed by atoms with Crippen LogP contribution in [0.1, 0.15) is 38.5 Å². The third-order valence-corrected chi connectivity index (χ3v) is 1.50. The van der Waals surface area contributed by atoms with Crippen LogP contribution in [0, 0.1) is 0 Å². The summed E-state index contributed by atoms with van der Waals surface area (Å²) in [4.78, 5) is 51.3. The van der Waals surface area contributed by atoms with E-state index >= 15 is 0 Å². The normalized spacial score (nSPS) is 9.60. The van der Waals surface area contributed by atoms with Crippen LogP contribution < -0.4 is 0 Å². The molecule has 30 heavy (non-hydrogen) atoms. The van der Waals surface area contributed by atoms with Gasteiger partial charge in [0.25, 0.3) is 0 Å². The van der Waals surface area contributed by atoms with Gasteiger partial charge in [0.05, 0.1) is 0 Å². The van der Waals surface area contributed by atoms with Gasteiger partial charge in [-0.3, -0.25) is 0 Å². The van der Waals surface area contributed by atoms with E-state index in [-0.39, 0.29) is 0 Å². The fourth-order valence-corrected chi connectivity index (χ4v) is 1.06. The van der Waals surface area contributed by atoms with Gasteiger partial charge in [0.1, 0.15) is 0 Å². The Bertz CT molecular complexity index is 326. The van der Waals surface area contributed by atoms with E-state index in [0.29, 0.717) is 0 Å². The minimum atomic E-state index is -1.83. The second-order valence-electron chi connectivity index (χ2n) is 3.82. The molecular formula is C12H24O18. The van der Waals surface area contributed by atoms with Crippen molar-refractivity contribution in [2.24, 2.45) is 0 Å². The zero-order valence-corrected chi connectivity index (χ0v) is 15.1. The molecule has 0 saturated heterocycles. The van der Waals surface area contributed by atoms with E-state index in [0.717, 1.165) is 0 Å². The Kier molecular flexibility index (Phi) is 48.0. The molecule has 1 aliphatic rings. The monoisotopic (exact) mass is 456 g/mol. The molecule has 0 unspecified atom stereocenters. The fraction of sp³-hybridized carbons (Fsp3) is 0.500. The molecule has 0 aliphatic heterocycles. The molecule has 1 fully saturated rings. The van der Waals surface area contributed by atoms with Crippen molar-refractivity contribution in [2.75, 3.05) is 0 Å². The summed E-state index contributed by atoms with van der Waals surface area (Å²) in [5, 5.41) is 83.7. The van der Waals surface area contributed by atoms with E-state index in [2.05, 4.69) is 0 Å². The standard InChI is InChI=1S/C6H12.6CH2O3/c1-2-4-6-5-3-1;6*2-1(3)4/h1-6H2;6*(H2,2,3,4). The summed E-state index contributed by atoms with van der Waals surface area (Å²) in [7, 11) is 0. The lowest BCUT2D eigenvalue weighted by molar-refractivity contribution is 0.135. The van der Waals surface area contributed by atoms with Crippen molar-refractivity contribution in [2.45, 2.75) is 38.5 Å². The summed E-state index contributed by atoms with van der Waals surface area (Å²) in [6.45, 7) is 0. The van der Waals surface area contributed by atoms with Crippen LogP contribution >= 0.6 is 0 Å². The molecule has 18 heteroatoms. The number of carbonyl (C=O) groups is 6. The van der Waals surface area contributed by atoms with Crippen LogP contribution in [0.3, 0.4) is 0 Å². The van der Waals surface area contributed by atoms with Crippen molar-refractivity contribution in [1.82, 2.24) is 0 Å². The lowest BCUT2D eigenvalue weighted by Gasteiger charge is -2.05. The molecule has 1 aliphatic carbocycles. The average molecular weight is 456 g/mol. The van der Waals surface area contributed by atoms with E-state index in [1.807, 2.05) is 0 Å². The number of carboxylic acid groups (broad SMARTS) is 12. The summed E-state index contributed by atoms with van der Waals surface area (Å²) >= 11 is 0. The van der Waals surface area contributed by atoms with Crippen LogP contribution in [-0.4, -0.2) is 98.2 Å². The molecule has 1 rings (SSSR count). The molecule has 180 valence electrons. The Labute approximate surface area is 166 Å². The summed E-state index contributed by atoms with van der Waals surface area (Å²) in [6, 6.07) is 0. The molecule has 0 aromatic carbocycles. The predicted octanol–water partition coefficient (Wildman–Crippen LogP) is 3.68. The molecule has 0 bridgehead atoms. The van der Waals surface area contributed by atoms with Crippen LogP contribution in [-0.2, 0) is 0 Å². The van der Waals surface area contributed by atoms with Crippen molar-refractivity contribution >= 4 is 36.9 Å². The highest BCUT2D eigenvalue weighted by atomic mass is 16.6. The molecule has 18 nitrogen and oxygen atoms in total. The largest absolute Gasteiger partial charge is 0.503 e. The summed E-state index contributed by atoms with van der Waals surface area (Å²) in [5.74, 6) is 0. The van der Waals surface area contributed by atoms with Gasteiger partial charge < -0.3 is 61.3 Å². The van der Waals surface area contributed by atoms with Gasteiger partial charge in [-0.05, 0) is 0 Å². The molecule has 0 aromatic rings. The number of hydrogen-bond acceptors (Lipinski definition) is 6. The van der Waals surface area contributed by atoms with Crippen LogP contribution in [0.4, 0.5) is 28.8 Å². The highest BCUT2D eigenvalue weighted by Crippen LogP contribution is 2.15. The quantitative estimate of drug-likeness (QED) is 0.247. The Morgan fingerprint density at radius 1 is 0.267 bits per heavy atom. The second kappa shape index (κ2) is 35.7. The maximum absolute atomic E-state index is 8.56. The van der Waals surface area contributed by atoms with Crippen molar-refractivity contribution in [3.05, 3.63) is 0 Å². The smallest absolute Gasteiger partial charge is 0.450 e. The molecule has 0 spiro atoms. The summed E-state index contributed by atoms with van der Waals surface area (Å²) in [6.07, 6.45) is -2.00. The van der Waals surface area contributed by atoms with Crippen LogP contribution in [0.15, 0.2) is 0 Å². The fourth-order valence-electron chi connectivity index (χ4n) is 1.06. The number of hydrogen-bond donors (Lipinski definition) is 12. The van der Waals surface area contributed by atoms with Gasteiger partial charge in [0.2, 0.25) is 0 Å². The first-order chi connectivity index (χ1) is 13.4. The van der Waals surface area contributed by atoms with E-state index in [4.69, 9.17) is 90.0 Å². The third-order valence-electron chi connectivity index (χ3n) is 1.50. The van der Waals surface area contributed by atoms with E-state index in [1.54, 1.807) is 0 Å². The summed E-state index contributed by atoms with van der Waals surface area (Å²) in [5.41, 5.74) is 0. The number of rotatable bonds is 0. The Balaban J connectivity index is -0.0000000565. The van der Waals surface area contributed by atoms with Gasteiger partial charge in [0, 0.05) is 0 Å². The molecule has 0 radical (unpaired) electrons. The highest BCUT2D eigenvalue weighted by molar-refractivity contribution is 5.54. The molecule has 12 N–H and O–H groups in total. The zero-order chi connectivity index (χ0) is 25.7. The van der Waals surface area contributed by atoms with Gasteiger partial charge in [-0.15, -0.1) is 0 Å². The molecular weight excluding hydrogens is 432 g/mol. The lowest BCUT2D eigenvalue weighted by atomic mass is 10.0. The van der Waals surface area contributed by atoms with Crippen molar-refractivity contribution in [3.8, 4) is 0 Å². The topological polar surface area (TPSA) is 345 Å². The van der Waals surface area contributed by atoms with E-state index in [1.165, 1.54) is 38.5 Å². The minimum absolute atomic E-state index is 1.50. The van der Waals surface area contributed by atoms with Crippen LogP contribution in [0.25, 0.3) is 0 Å². The second-order valence-corrected chi connectivity index (χ2v) is 3.82. The first kappa shape index (κ1) is 40.3. The Morgan fingerprint density at radius 3 is 0.333 bits per heavy atom. The minimum Gasteiger partial charge on any atom is -0.450 e. The van der Waals surface area contributed by atoms with Gasteiger partial charge in [-0.2, -0.15) is 0 Å². The Hall–Kier alpha value is -4.38. The van der Waals surface area contributed by atoms with Gasteiger partial charge in [-0.1, -0.05) is 38.5 Å². The first-order valence-corrected chi connectivity index (χ1v) is 6.91. The zero-order valence-electron chi connectivity index (χ0n) is 15.1. The maximum Gasteiger partial charge on any atom is 0.503 e. The molecule has 0 atom stereocenters. The van der Waals surface area contributed by atoms with E-state index in [9.17, 15) is 0 Å². The highest BCUT2D eigenvalue weighted by Gasteiger charge is 1.95. The van der Waals surface area contributed by atoms with Gasteiger partial charge in [0.15, 0.2) is 0 Å². The molecule has 0 amide bonds. The van der Waals surface area contributed by atoms with Crippen LogP contribution in [0.2, 0.25) is 0 Å². The first-order valence-electron chi connectivity index (χ1n) is 6.91. The predicted molar refractivity (Wildman–Crippen MR) is 91.6 cm³/mol. The lowest BCUT2D eigenvalue weighted by Crippen LogP contribution is -1.85. The van der Waals surface area contributed by atoms with Gasteiger partial charge in [-0.25, -0.2) is 28.8 Å². The SMILES string of the molecule is C1CCCCC1.O=C(O)O.O=C(O)O.O=C(O)O.O=C(O)O.O=C(O)O.O=C(O)O. The van der Waals surface area contributed by atoms with Gasteiger partial charge >= 0.3 is 36.9 Å². The van der Waals surface area contributed by atoms with Crippen molar-refractivity contribution in [1.29, 1.82) is 0 Å². The maximum atomic E-state index is 8.56. The average Bonchev–Trinajstić information content (AvgIpc) is 2.45. The van der Waals surface area contributed by atoms with E-state index < -0.39 is 36.9 Å². The van der Waals surface area contributed by atoms with Crippen molar-refractivity contribution < 1.29 is 90.0 Å². The Morgan fingerprint density at radius 2 is 0.300 bits per heavy atom. The van der Waals surface area contributed by atoms with Crippen molar-refractivity contribution in [3.63, 3.8) is 0 Å². The summed E-state index contributed by atoms with van der Waals surface area (Å²) < 4.78 is 0. The molecule has 0 heterocycles. The molecule has 0 aromatic heterocycles.